The number of benzene rings is 1. The van der Waals surface area contributed by atoms with E-state index in [0.717, 1.165) is 12.8 Å². The van der Waals surface area contributed by atoms with Gasteiger partial charge in [-0.15, -0.1) is 0 Å². The van der Waals surface area contributed by atoms with Gasteiger partial charge in [0.05, 0.1) is 6.61 Å². The Balaban J connectivity index is 2.67. The van der Waals surface area contributed by atoms with Gasteiger partial charge < -0.3 is 9.47 Å². The standard InChI is InChI=1S/C14H18O3/c1-3-5-11-17-14(15)12-8-6-7-9-13(12)16-10-4-2/h4,6-9H,2-3,5,10-11H2,1H3. The minimum Gasteiger partial charge on any atom is -0.489 e. The van der Waals surface area contributed by atoms with Gasteiger partial charge in [-0.25, -0.2) is 4.79 Å². The summed E-state index contributed by atoms with van der Waals surface area (Å²) in [6, 6.07) is 7.06. The molecule has 0 aromatic heterocycles. The maximum absolute atomic E-state index is 11.8. The molecule has 0 aliphatic carbocycles. The number of ether oxygens (including phenoxy) is 2. The Bertz CT molecular complexity index is 371. The molecule has 0 N–H and O–H groups in total. The molecule has 1 rings (SSSR count). The number of para-hydroxylation sites is 1. The van der Waals surface area contributed by atoms with Crippen LogP contribution in [0.5, 0.6) is 5.75 Å². The summed E-state index contributed by atoms with van der Waals surface area (Å²) in [5.41, 5.74) is 0.463. The number of unbranched alkanes of at least 4 members (excludes halogenated alkanes) is 1. The van der Waals surface area contributed by atoms with Crippen LogP contribution in [0, 0.1) is 0 Å². The molecule has 0 aliphatic heterocycles. The van der Waals surface area contributed by atoms with E-state index in [-0.39, 0.29) is 5.97 Å². The summed E-state index contributed by atoms with van der Waals surface area (Å²) in [5, 5.41) is 0. The van der Waals surface area contributed by atoms with Crippen molar-refractivity contribution < 1.29 is 14.3 Å². The van der Waals surface area contributed by atoms with E-state index in [1.165, 1.54) is 0 Å². The quantitative estimate of drug-likeness (QED) is 0.413. The smallest absolute Gasteiger partial charge is 0.341 e. The zero-order valence-electron chi connectivity index (χ0n) is 10.1. The van der Waals surface area contributed by atoms with Crippen LogP contribution < -0.4 is 4.74 Å². The number of hydrogen-bond donors (Lipinski definition) is 0. The summed E-state index contributed by atoms with van der Waals surface area (Å²) >= 11 is 0. The largest absolute Gasteiger partial charge is 0.489 e. The Kier molecular flexibility index (Phi) is 5.86. The average molecular weight is 234 g/mol. The molecule has 0 spiro atoms. The molecule has 0 bridgehead atoms. The molecule has 92 valence electrons. The number of hydrogen-bond acceptors (Lipinski definition) is 3. The molecule has 0 amide bonds. The van der Waals surface area contributed by atoms with Gasteiger partial charge in [0.15, 0.2) is 0 Å². The lowest BCUT2D eigenvalue weighted by Crippen LogP contribution is -2.09. The van der Waals surface area contributed by atoms with Gasteiger partial charge >= 0.3 is 5.97 Å². The van der Waals surface area contributed by atoms with Crippen molar-refractivity contribution in [3.05, 3.63) is 42.5 Å². The Morgan fingerprint density at radius 1 is 1.41 bits per heavy atom. The SMILES string of the molecule is C=CCOc1ccccc1C(=O)OCCCC. The van der Waals surface area contributed by atoms with E-state index in [1.54, 1.807) is 24.3 Å². The third-order valence-corrected chi connectivity index (χ3v) is 2.19. The zero-order valence-corrected chi connectivity index (χ0v) is 10.1. The van der Waals surface area contributed by atoms with Gasteiger partial charge in [0.2, 0.25) is 0 Å². The summed E-state index contributed by atoms with van der Waals surface area (Å²) < 4.78 is 10.5. The van der Waals surface area contributed by atoms with Crippen LogP contribution in [0.15, 0.2) is 36.9 Å². The second-order valence-electron chi connectivity index (χ2n) is 3.59. The minimum absolute atomic E-state index is 0.335. The third kappa shape index (κ3) is 4.31. The molecule has 3 heteroatoms. The van der Waals surface area contributed by atoms with Gasteiger partial charge in [-0.05, 0) is 18.6 Å². The fraction of sp³-hybridized carbons (Fsp3) is 0.357. The summed E-state index contributed by atoms with van der Waals surface area (Å²) in [4.78, 5) is 11.8. The average Bonchev–Trinajstić information content (AvgIpc) is 2.37. The van der Waals surface area contributed by atoms with Crippen molar-refractivity contribution >= 4 is 5.97 Å². The van der Waals surface area contributed by atoms with E-state index in [0.29, 0.717) is 24.5 Å². The molecule has 0 fully saturated rings. The number of esters is 1. The van der Waals surface area contributed by atoms with Crippen molar-refractivity contribution in [2.24, 2.45) is 0 Å². The lowest BCUT2D eigenvalue weighted by Gasteiger charge is -2.09. The Labute approximate surface area is 102 Å². The van der Waals surface area contributed by atoms with E-state index >= 15 is 0 Å². The summed E-state index contributed by atoms with van der Waals surface area (Å²) in [5.74, 6) is 0.201. The minimum atomic E-state index is -0.335. The van der Waals surface area contributed by atoms with Crippen LogP contribution in [0.2, 0.25) is 0 Å². The van der Waals surface area contributed by atoms with E-state index in [4.69, 9.17) is 9.47 Å². The van der Waals surface area contributed by atoms with Crippen LogP contribution in [-0.2, 0) is 4.74 Å². The Morgan fingerprint density at radius 2 is 2.18 bits per heavy atom. The van der Waals surface area contributed by atoms with Crippen LogP contribution in [0.25, 0.3) is 0 Å². The van der Waals surface area contributed by atoms with Crippen molar-refractivity contribution in [1.82, 2.24) is 0 Å². The van der Waals surface area contributed by atoms with E-state index in [1.807, 2.05) is 6.07 Å². The van der Waals surface area contributed by atoms with Gasteiger partial charge in [-0.1, -0.05) is 38.1 Å². The van der Waals surface area contributed by atoms with Crippen LogP contribution in [0.1, 0.15) is 30.1 Å². The van der Waals surface area contributed by atoms with Gasteiger partial charge in [-0.3, -0.25) is 0 Å². The molecular weight excluding hydrogens is 216 g/mol. The van der Waals surface area contributed by atoms with Crippen LogP contribution in [0.4, 0.5) is 0 Å². The molecule has 3 nitrogen and oxygen atoms in total. The lowest BCUT2D eigenvalue weighted by molar-refractivity contribution is 0.0495. The molecule has 0 radical (unpaired) electrons. The second-order valence-corrected chi connectivity index (χ2v) is 3.59. The monoisotopic (exact) mass is 234 g/mol. The van der Waals surface area contributed by atoms with Gasteiger partial charge in [0, 0.05) is 0 Å². The normalized spacial score (nSPS) is 9.71. The highest BCUT2D eigenvalue weighted by Gasteiger charge is 2.12. The van der Waals surface area contributed by atoms with Crippen molar-refractivity contribution in [3.63, 3.8) is 0 Å². The summed E-state index contributed by atoms with van der Waals surface area (Å²) in [6.45, 7) is 6.44. The molecule has 0 unspecified atom stereocenters. The van der Waals surface area contributed by atoms with Crippen molar-refractivity contribution in [2.45, 2.75) is 19.8 Å². The lowest BCUT2D eigenvalue weighted by atomic mass is 10.2. The highest BCUT2D eigenvalue weighted by atomic mass is 16.5. The first kappa shape index (κ1) is 13.3. The highest BCUT2D eigenvalue weighted by molar-refractivity contribution is 5.92. The molecule has 1 aromatic rings. The molecule has 0 saturated heterocycles. The fourth-order valence-electron chi connectivity index (χ4n) is 1.30. The maximum atomic E-state index is 11.8. The number of carbonyl (C=O) groups excluding carboxylic acids is 1. The van der Waals surface area contributed by atoms with E-state index < -0.39 is 0 Å². The van der Waals surface area contributed by atoms with Crippen LogP contribution in [-0.4, -0.2) is 19.2 Å². The van der Waals surface area contributed by atoms with Gasteiger partial charge in [0.1, 0.15) is 17.9 Å². The Hall–Kier alpha value is -1.77. The predicted molar refractivity (Wildman–Crippen MR) is 67.3 cm³/mol. The van der Waals surface area contributed by atoms with Gasteiger partial charge in [0.25, 0.3) is 0 Å². The molecule has 0 atom stereocenters. The number of carbonyl (C=O) groups is 1. The van der Waals surface area contributed by atoms with Crippen LogP contribution in [0.3, 0.4) is 0 Å². The third-order valence-electron chi connectivity index (χ3n) is 2.19. The van der Waals surface area contributed by atoms with Crippen molar-refractivity contribution in [1.29, 1.82) is 0 Å². The summed E-state index contributed by atoms with van der Waals surface area (Å²) in [6.07, 6.45) is 3.52. The highest BCUT2D eigenvalue weighted by Crippen LogP contribution is 2.19. The molecule has 0 heterocycles. The molecular formula is C14H18O3. The van der Waals surface area contributed by atoms with E-state index in [2.05, 4.69) is 13.5 Å². The van der Waals surface area contributed by atoms with Crippen molar-refractivity contribution in [2.75, 3.05) is 13.2 Å². The zero-order chi connectivity index (χ0) is 12.5. The first-order valence-electron chi connectivity index (χ1n) is 5.79. The summed E-state index contributed by atoms with van der Waals surface area (Å²) in [7, 11) is 0. The molecule has 0 saturated carbocycles. The number of rotatable bonds is 7. The topological polar surface area (TPSA) is 35.5 Å². The van der Waals surface area contributed by atoms with E-state index in [9.17, 15) is 4.79 Å². The molecule has 17 heavy (non-hydrogen) atoms. The maximum Gasteiger partial charge on any atom is 0.341 e. The van der Waals surface area contributed by atoms with Crippen molar-refractivity contribution in [3.8, 4) is 5.75 Å². The molecule has 1 aromatic carbocycles. The first-order valence-corrected chi connectivity index (χ1v) is 5.79. The molecule has 0 aliphatic rings. The van der Waals surface area contributed by atoms with Crippen LogP contribution >= 0.6 is 0 Å². The predicted octanol–water partition coefficient (Wildman–Crippen LogP) is 3.21. The second kappa shape index (κ2) is 7.49. The van der Waals surface area contributed by atoms with Gasteiger partial charge in [-0.2, -0.15) is 0 Å². The Morgan fingerprint density at radius 3 is 2.88 bits per heavy atom. The fourth-order valence-corrected chi connectivity index (χ4v) is 1.30. The first-order chi connectivity index (χ1) is 8.29.